The minimum absolute atomic E-state index is 0.0720. The summed E-state index contributed by atoms with van der Waals surface area (Å²) in [7, 11) is 3.43. The number of esters is 1. The van der Waals surface area contributed by atoms with Crippen molar-refractivity contribution in [2.24, 2.45) is 21.2 Å². The predicted octanol–water partition coefficient (Wildman–Crippen LogP) is 3.76. The molecule has 1 heterocycles. The summed E-state index contributed by atoms with van der Waals surface area (Å²) >= 11 is 0. The minimum Gasteiger partial charge on any atom is -0.463 e. The molecule has 0 radical (unpaired) electrons. The Morgan fingerprint density at radius 1 is 1.17 bits per heavy atom. The molecule has 1 amide bonds. The van der Waals surface area contributed by atoms with Crippen LogP contribution in [-0.2, 0) is 9.53 Å². The van der Waals surface area contributed by atoms with Gasteiger partial charge in [0.05, 0.1) is 12.3 Å². The molecule has 0 saturated carbocycles. The molecule has 0 aromatic heterocycles. The molecule has 2 aromatic rings. The Bertz CT molecular complexity index is 1070. The summed E-state index contributed by atoms with van der Waals surface area (Å²) in [5.74, 6) is 5.02. The second kappa shape index (κ2) is 9.13. The Morgan fingerprint density at radius 2 is 1.93 bits per heavy atom. The number of rotatable bonds is 4. The molecule has 0 bridgehead atoms. The van der Waals surface area contributed by atoms with Crippen LogP contribution >= 0.6 is 0 Å². The molecule has 0 unspecified atom stereocenters. The molecule has 2 N–H and O–H groups in total. The number of carbonyl (C=O) groups excluding carboxylic acids is 2. The summed E-state index contributed by atoms with van der Waals surface area (Å²) < 4.78 is 5.12. The van der Waals surface area contributed by atoms with Gasteiger partial charge in [-0.05, 0) is 42.3 Å². The SMILES string of the molecule is CCOC(=O)C1=Cc2ccc(-c3cccc(C(=O)N(C)C)c3)cc2N=C(N=NN)C1. The van der Waals surface area contributed by atoms with Crippen molar-refractivity contribution in [3.63, 3.8) is 0 Å². The second-order valence-electron chi connectivity index (χ2n) is 6.86. The normalized spacial score (nSPS) is 13.2. The third-order valence-corrected chi connectivity index (χ3v) is 4.52. The van der Waals surface area contributed by atoms with E-state index in [0.29, 0.717) is 22.7 Å². The van der Waals surface area contributed by atoms with E-state index >= 15 is 0 Å². The second-order valence-corrected chi connectivity index (χ2v) is 6.86. The third kappa shape index (κ3) is 4.60. The van der Waals surface area contributed by atoms with Crippen LogP contribution in [0, 0.1) is 0 Å². The lowest BCUT2D eigenvalue weighted by molar-refractivity contribution is -0.138. The molecule has 0 spiro atoms. The van der Waals surface area contributed by atoms with Crippen molar-refractivity contribution in [2.45, 2.75) is 13.3 Å². The Morgan fingerprint density at radius 3 is 2.63 bits per heavy atom. The van der Waals surface area contributed by atoms with Gasteiger partial charge in [-0.1, -0.05) is 29.5 Å². The van der Waals surface area contributed by atoms with Gasteiger partial charge in [-0.3, -0.25) is 4.79 Å². The molecule has 154 valence electrons. The number of nitrogens with two attached hydrogens (primary N) is 1. The lowest BCUT2D eigenvalue weighted by Gasteiger charge is -2.12. The molecule has 0 fully saturated rings. The van der Waals surface area contributed by atoms with Crippen LogP contribution in [0.4, 0.5) is 5.69 Å². The van der Waals surface area contributed by atoms with Crippen molar-refractivity contribution in [2.75, 3.05) is 20.7 Å². The smallest absolute Gasteiger partial charge is 0.334 e. The topological polar surface area (TPSA) is 110 Å². The monoisotopic (exact) mass is 405 g/mol. The van der Waals surface area contributed by atoms with Gasteiger partial charge in [-0.2, -0.15) is 0 Å². The van der Waals surface area contributed by atoms with Crippen molar-refractivity contribution >= 4 is 29.5 Å². The molecular formula is C22H23N5O3. The van der Waals surface area contributed by atoms with E-state index in [9.17, 15) is 9.59 Å². The first-order chi connectivity index (χ1) is 14.4. The zero-order chi connectivity index (χ0) is 21.7. The van der Waals surface area contributed by atoms with Crippen LogP contribution < -0.4 is 5.84 Å². The molecule has 1 aliphatic heterocycles. The lowest BCUT2D eigenvalue weighted by Crippen LogP contribution is -2.21. The van der Waals surface area contributed by atoms with E-state index in [2.05, 4.69) is 15.3 Å². The molecule has 2 aromatic carbocycles. The van der Waals surface area contributed by atoms with Crippen molar-refractivity contribution in [1.29, 1.82) is 0 Å². The lowest BCUT2D eigenvalue weighted by atomic mass is 9.99. The Balaban J connectivity index is 2.06. The average molecular weight is 405 g/mol. The third-order valence-electron chi connectivity index (χ3n) is 4.52. The number of amides is 1. The number of amidine groups is 1. The maximum atomic E-state index is 12.3. The summed E-state index contributed by atoms with van der Waals surface area (Å²) in [5.41, 5.74) is 4.15. The maximum Gasteiger partial charge on any atom is 0.334 e. The molecule has 0 atom stereocenters. The largest absolute Gasteiger partial charge is 0.463 e. The fourth-order valence-electron chi connectivity index (χ4n) is 3.10. The van der Waals surface area contributed by atoms with E-state index in [-0.39, 0.29) is 18.9 Å². The number of hydrogen-bond acceptors (Lipinski definition) is 6. The van der Waals surface area contributed by atoms with E-state index in [1.54, 1.807) is 33.2 Å². The van der Waals surface area contributed by atoms with Gasteiger partial charge in [-0.25, -0.2) is 9.79 Å². The van der Waals surface area contributed by atoms with E-state index in [1.165, 1.54) is 4.90 Å². The first-order valence-corrected chi connectivity index (χ1v) is 9.45. The first-order valence-electron chi connectivity index (χ1n) is 9.45. The van der Waals surface area contributed by atoms with Crippen molar-refractivity contribution < 1.29 is 14.3 Å². The highest BCUT2D eigenvalue weighted by atomic mass is 16.5. The van der Waals surface area contributed by atoms with E-state index < -0.39 is 5.97 Å². The van der Waals surface area contributed by atoms with E-state index in [4.69, 9.17) is 10.6 Å². The summed E-state index contributed by atoms with van der Waals surface area (Å²) in [6.45, 7) is 2.02. The average Bonchev–Trinajstić information content (AvgIpc) is 2.92. The van der Waals surface area contributed by atoms with E-state index in [0.717, 1.165) is 16.7 Å². The van der Waals surface area contributed by atoms with Crippen LogP contribution in [0.3, 0.4) is 0 Å². The van der Waals surface area contributed by atoms with Crippen LogP contribution in [0.5, 0.6) is 0 Å². The van der Waals surface area contributed by atoms with Gasteiger partial charge in [0.2, 0.25) is 0 Å². The summed E-state index contributed by atoms with van der Waals surface area (Å²) in [5, 5.41) is 7.16. The number of hydrogen-bond donors (Lipinski definition) is 1. The first kappa shape index (κ1) is 20.9. The zero-order valence-electron chi connectivity index (χ0n) is 17.1. The molecule has 8 nitrogen and oxygen atoms in total. The highest BCUT2D eigenvalue weighted by Gasteiger charge is 2.19. The molecular weight excluding hydrogens is 382 g/mol. The Hall–Kier alpha value is -3.81. The minimum atomic E-state index is -0.427. The van der Waals surface area contributed by atoms with Crippen LogP contribution in [0.15, 0.2) is 63.4 Å². The Kier molecular flexibility index (Phi) is 6.36. The van der Waals surface area contributed by atoms with Gasteiger partial charge in [0.1, 0.15) is 0 Å². The molecule has 0 aliphatic carbocycles. The Labute approximate surface area is 174 Å². The molecule has 0 saturated heterocycles. The molecule has 1 aliphatic rings. The number of nitrogens with zero attached hydrogens (tertiary/aromatic N) is 4. The number of carbonyl (C=O) groups is 2. The molecule has 3 rings (SSSR count). The fourth-order valence-corrected chi connectivity index (χ4v) is 3.10. The van der Waals surface area contributed by atoms with Gasteiger partial charge in [0, 0.05) is 37.2 Å². The molecule has 8 heteroatoms. The summed E-state index contributed by atoms with van der Waals surface area (Å²) in [6.07, 6.45) is 1.90. The quantitative estimate of drug-likeness (QED) is 0.361. The van der Waals surface area contributed by atoms with Crippen LogP contribution in [0.25, 0.3) is 17.2 Å². The standard InChI is InChI=1S/C22H23N5O3/c1-4-30-22(29)18-11-16-9-8-15(12-19(16)24-20(13-18)25-26-23)14-6-5-7-17(10-14)21(28)27(2)3/h5-12H,4,13H2,1-3H3,(H2,23,24,25). The number of aliphatic imine (C=N–C) groups is 1. The highest BCUT2D eigenvalue weighted by Crippen LogP contribution is 2.33. The van der Waals surface area contributed by atoms with Gasteiger partial charge in [-0.15, -0.1) is 5.11 Å². The number of benzene rings is 2. The maximum absolute atomic E-state index is 12.3. The highest BCUT2D eigenvalue weighted by molar-refractivity contribution is 6.04. The number of fused-ring (bicyclic) bond motifs is 1. The summed E-state index contributed by atoms with van der Waals surface area (Å²) in [4.78, 5) is 30.6. The van der Waals surface area contributed by atoms with Crippen molar-refractivity contribution in [3.05, 3.63) is 59.2 Å². The van der Waals surface area contributed by atoms with Crippen LogP contribution in [-0.4, -0.2) is 43.3 Å². The van der Waals surface area contributed by atoms with E-state index in [1.807, 2.05) is 36.4 Å². The van der Waals surface area contributed by atoms with Crippen LogP contribution in [0.1, 0.15) is 29.3 Å². The zero-order valence-corrected chi connectivity index (χ0v) is 17.1. The van der Waals surface area contributed by atoms with Crippen molar-refractivity contribution in [1.82, 2.24) is 4.90 Å². The fraction of sp³-hybridized carbons (Fsp3) is 0.227. The van der Waals surface area contributed by atoms with Gasteiger partial charge in [0.25, 0.3) is 5.91 Å². The summed E-state index contributed by atoms with van der Waals surface area (Å²) in [6, 6.07) is 13.1. The van der Waals surface area contributed by atoms with Crippen LogP contribution in [0.2, 0.25) is 0 Å². The number of ether oxygens (including phenoxy) is 1. The van der Waals surface area contributed by atoms with Gasteiger partial charge < -0.3 is 15.5 Å². The molecule has 30 heavy (non-hydrogen) atoms. The van der Waals surface area contributed by atoms with Gasteiger partial charge in [0.15, 0.2) is 5.84 Å². The van der Waals surface area contributed by atoms with Crippen molar-refractivity contribution in [3.8, 4) is 11.1 Å². The van der Waals surface area contributed by atoms with Gasteiger partial charge >= 0.3 is 5.97 Å². The predicted molar refractivity (Wildman–Crippen MR) is 115 cm³/mol.